The summed E-state index contributed by atoms with van der Waals surface area (Å²) in [6, 6.07) is 9.96. The van der Waals surface area contributed by atoms with Gasteiger partial charge in [0.15, 0.2) is 0 Å². The van der Waals surface area contributed by atoms with Gasteiger partial charge in [0.1, 0.15) is 5.41 Å². The lowest BCUT2D eigenvalue weighted by Gasteiger charge is -2.35. The van der Waals surface area contributed by atoms with Gasteiger partial charge in [0, 0.05) is 51.1 Å². The molecule has 2 aromatic carbocycles. The third kappa shape index (κ3) is 5.41. The number of carbonyl (C=O) groups excluding carboxylic acids is 1. The van der Waals surface area contributed by atoms with Crippen LogP contribution in [0.25, 0.3) is 11.0 Å². The number of carbonyl (C=O) groups is 1. The molecule has 2 aliphatic rings. The molecule has 5 rings (SSSR count). The number of nitrogens with zero attached hydrogens (tertiary/aromatic N) is 4. The minimum atomic E-state index is -4.52. The molecule has 1 aromatic heterocycles. The number of fused-ring (bicyclic) bond motifs is 1. The molecule has 0 unspecified atom stereocenters. The monoisotopic (exact) mass is 554 g/mol. The molecule has 0 spiro atoms. The van der Waals surface area contributed by atoms with Crippen molar-refractivity contribution >= 4 is 34.3 Å². The number of benzene rings is 2. The highest BCUT2D eigenvalue weighted by molar-refractivity contribution is 5.87. The largest absolute Gasteiger partial charge is 0.403 e. The number of imidazole rings is 1. The normalized spacial score (nSPS) is 17.2. The molecule has 1 aliphatic heterocycles. The van der Waals surface area contributed by atoms with E-state index < -0.39 is 17.5 Å². The SMILES string of the molecule is C=CCCc1cc2nc(Nc3cc(CNC(=O)C4(C(F)(F)F)CC4)ccc3C)n(C)c2cc1N1CCN(C)CC1. The van der Waals surface area contributed by atoms with Gasteiger partial charge in [-0.1, -0.05) is 18.2 Å². The van der Waals surface area contributed by atoms with E-state index in [2.05, 4.69) is 46.2 Å². The van der Waals surface area contributed by atoms with Crippen molar-refractivity contribution in [2.24, 2.45) is 12.5 Å². The smallest absolute Gasteiger partial charge is 0.369 e. The minimum Gasteiger partial charge on any atom is -0.369 e. The number of hydrogen-bond donors (Lipinski definition) is 2. The second-order valence-electron chi connectivity index (χ2n) is 11.1. The fourth-order valence-electron chi connectivity index (χ4n) is 5.33. The van der Waals surface area contributed by atoms with E-state index in [0.717, 1.165) is 61.3 Å². The van der Waals surface area contributed by atoms with Crippen LogP contribution in [0.4, 0.5) is 30.5 Å². The molecular weight excluding hydrogens is 517 g/mol. The lowest BCUT2D eigenvalue weighted by molar-refractivity contribution is -0.192. The molecule has 10 heteroatoms. The third-order valence-corrected chi connectivity index (χ3v) is 8.27. The zero-order valence-corrected chi connectivity index (χ0v) is 23.4. The van der Waals surface area contributed by atoms with E-state index in [-0.39, 0.29) is 19.4 Å². The molecular formula is C30H37F3N6O. The molecule has 40 heavy (non-hydrogen) atoms. The van der Waals surface area contributed by atoms with Crippen LogP contribution in [0, 0.1) is 12.3 Å². The lowest BCUT2D eigenvalue weighted by atomic mass is 10.0. The van der Waals surface area contributed by atoms with Crippen molar-refractivity contribution in [3.05, 3.63) is 59.7 Å². The number of aryl methyl sites for hydroxylation is 3. The number of alkyl halides is 3. The average molecular weight is 555 g/mol. The molecule has 0 atom stereocenters. The van der Waals surface area contributed by atoms with Crippen molar-refractivity contribution < 1.29 is 18.0 Å². The van der Waals surface area contributed by atoms with Crippen LogP contribution in [-0.4, -0.2) is 59.8 Å². The first kappa shape index (κ1) is 28.0. The van der Waals surface area contributed by atoms with Crippen molar-refractivity contribution in [1.29, 1.82) is 0 Å². The van der Waals surface area contributed by atoms with Crippen molar-refractivity contribution in [3.63, 3.8) is 0 Å². The van der Waals surface area contributed by atoms with Gasteiger partial charge in [-0.3, -0.25) is 4.79 Å². The molecule has 7 nitrogen and oxygen atoms in total. The minimum absolute atomic E-state index is 0.0230. The van der Waals surface area contributed by atoms with Crippen LogP contribution in [0.3, 0.4) is 0 Å². The molecule has 0 radical (unpaired) electrons. The topological polar surface area (TPSA) is 65.4 Å². The lowest BCUT2D eigenvalue weighted by Crippen LogP contribution is -2.44. The highest BCUT2D eigenvalue weighted by atomic mass is 19.4. The Hall–Kier alpha value is -3.53. The van der Waals surface area contributed by atoms with Crippen LogP contribution in [0.15, 0.2) is 43.0 Å². The van der Waals surface area contributed by atoms with E-state index in [1.54, 1.807) is 0 Å². The Morgan fingerprint density at radius 3 is 2.50 bits per heavy atom. The van der Waals surface area contributed by atoms with Gasteiger partial charge in [0.2, 0.25) is 11.9 Å². The van der Waals surface area contributed by atoms with Crippen LogP contribution < -0.4 is 15.5 Å². The van der Waals surface area contributed by atoms with Crippen molar-refractivity contribution in [3.8, 4) is 0 Å². The summed E-state index contributed by atoms with van der Waals surface area (Å²) < 4.78 is 41.9. The first-order valence-corrected chi connectivity index (χ1v) is 13.8. The maximum Gasteiger partial charge on any atom is 0.403 e. The summed E-state index contributed by atoms with van der Waals surface area (Å²) in [6.07, 6.45) is -1.11. The number of likely N-dealkylation sites (N-methyl/N-ethyl adjacent to an activating group) is 1. The zero-order chi connectivity index (χ0) is 28.7. The summed E-state index contributed by atoms with van der Waals surface area (Å²) in [5.74, 6) is -0.285. The van der Waals surface area contributed by atoms with Crippen LogP contribution >= 0.6 is 0 Å². The van der Waals surface area contributed by atoms with E-state index >= 15 is 0 Å². The second-order valence-corrected chi connectivity index (χ2v) is 11.1. The zero-order valence-electron chi connectivity index (χ0n) is 23.4. The number of hydrogen-bond acceptors (Lipinski definition) is 5. The van der Waals surface area contributed by atoms with E-state index in [4.69, 9.17) is 4.98 Å². The number of anilines is 3. The number of nitrogens with one attached hydrogen (secondary N) is 2. The molecule has 2 fully saturated rings. The van der Waals surface area contributed by atoms with Gasteiger partial charge >= 0.3 is 6.18 Å². The number of rotatable bonds is 9. The van der Waals surface area contributed by atoms with Crippen molar-refractivity contribution in [2.45, 2.75) is 45.3 Å². The van der Waals surface area contributed by atoms with Gasteiger partial charge in [0.05, 0.1) is 11.0 Å². The summed E-state index contributed by atoms with van der Waals surface area (Å²) >= 11 is 0. The molecule has 1 saturated heterocycles. The summed E-state index contributed by atoms with van der Waals surface area (Å²) in [6.45, 7) is 9.85. The second kappa shape index (κ2) is 10.8. The van der Waals surface area contributed by atoms with E-state index in [1.807, 2.05) is 42.8 Å². The van der Waals surface area contributed by atoms with Crippen molar-refractivity contribution in [1.82, 2.24) is 19.8 Å². The highest BCUT2D eigenvalue weighted by Gasteiger charge is 2.68. The van der Waals surface area contributed by atoms with Gasteiger partial charge in [0.25, 0.3) is 0 Å². The molecule has 0 bridgehead atoms. The maximum atomic E-state index is 13.3. The molecule has 1 amide bonds. The number of halogens is 3. The molecule has 2 heterocycles. The molecule has 3 aromatic rings. The van der Waals surface area contributed by atoms with Gasteiger partial charge in [-0.05, 0) is 74.5 Å². The molecule has 1 aliphatic carbocycles. The average Bonchev–Trinajstić information content (AvgIpc) is 3.69. The summed E-state index contributed by atoms with van der Waals surface area (Å²) in [5, 5.41) is 5.91. The quantitative estimate of drug-likeness (QED) is 0.344. The fourth-order valence-corrected chi connectivity index (χ4v) is 5.33. The van der Waals surface area contributed by atoms with E-state index in [1.165, 1.54) is 11.3 Å². The Labute approximate surface area is 233 Å². The first-order chi connectivity index (χ1) is 19.0. The number of aromatic nitrogens is 2. The first-order valence-electron chi connectivity index (χ1n) is 13.8. The van der Waals surface area contributed by atoms with Gasteiger partial charge < -0.3 is 25.0 Å². The Bertz CT molecular complexity index is 1420. The van der Waals surface area contributed by atoms with Gasteiger partial charge in [-0.15, -0.1) is 6.58 Å². The van der Waals surface area contributed by atoms with Crippen LogP contribution in [-0.2, 0) is 24.8 Å². The molecule has 214 valence electrons. The summed E-state index contributed by atoms with van der Waals surface area (Å²) in [4.78, 5) is 22.0. The summed E-state index contributed by atoms with van der Waals surface area (Å²) in [5.41, 5.74) is 4.63. The summed E-state index contributed by atoms with van der Waals surface area (Å²) in [7, 11) is 4.12. The number of piperazine rings is 1. The standard InChI is InChI=1S/C30H37F3N6O/c1-5-6-7-22-17-24-26(18-25(22)39-14-12-37(3)13-15-39)38(4)28(36-24)35-23-16-21(9-8-20(23)2)19-34-27(40)29(10-11-29)30(31,32)33/h5,8-9,16-18H,1,6-7,10-15,19H2,2-4H3,(H,34,40)(H,35,36). The highest BCUT2D eigenvalue weighted by Crippen LogP contribution is 2.57. The number of amides is 1. The van der Waals surface area contributed by atoms with Crippen LogP contribution in [0.1, 0.15) is 36.0 Å². The number of allylic oxidation sites excluding steroid dienone is 1. The maximum absolute atomic E-state index is 13.3. The molecule has 1 saturated carbocycles. The van der Waals surface area contributed by atoms with E-state index in [0.29, 0.717) is 11.5 Å². The van der Waals surface area contributed by atoms with Gasteiger partial charge in [-0.2, -0.15) is 13.2 Å². The van der Waals surface area contributed by atoms with Gasteiger partial charge in [-0.25, -0.2) is 4.98 Å². The third-order valence-electron chi connectivity index (χ3n) is 8.27. The predicted octanol–water partition coefficient (Wildman–Crippen LogP) is 5.45. The van der Waals surface area contributed by atoms with E-state index in [9.17, 15) is 18.0 Å². The van der Waals surface area contributed by atoms with Crippen LogP contribution in [0.5, 0.6) is 0 Å². The Morgan fingerprint density at radius 2 is 1.85 bits per heavy atom. The fraction of sp³-hybridized carbons (Fsp3) is 0.467. The Morgan fingerprint density at radius 1 is 1.12 bits per heavy atom. The Balaban J connectivity index is 1.38. The van der Waals surface area contributed by atoms with Crippen molar-refractivity contribution in [2.75, 3.05) is 43.4 Å². The Kier molecular flexibility index (Phi) is 7.56. The van der Waals surface area contributed by atoms with Crippen LogP contribution in [0.2, 0.25) is 0 Å². The predicted molar refractivity (Wildman–Crippen MR) is 153 cm³/mol. The molecule has 2 N–H and O–H groups in total.